The summed E-state index contributed by atoms with van der Waals surface area (Å²) in [5.74, 6) is 0.971. The van der Waals surface area contributed by atoms with E-state index in [9.17, 15) is 9.59 Å². The van der Waals surface area contributed by atoms with Gasteiger partial charge in [-0.1, -0.05) is 0 Å². The SMILES string of the molecule is Cc1cc(C2CCCO2)oc(=O)c1C(=O)N1CCC(Oc2cccnc2)CC1. The summed E-state index contributed by atoms with van der Waals surface area (Å²) in [4.78, 5) is 31.2. The van der Waals surface area contributed by atoms with Crippen molar-refractivity contribution >= 4 is 5.91 Å². The van der Waals surface area contributed by atoms with E-state index in [-0.39, 0.29) is 23.7 Å². The normalized spacial score (nSPS) is 20.3. The summed E-state index contributed by atoms with van der Waals surface area (Å²) in [6.07, 6.45) is 6.43. The zero-order valence-corrected chi connectivity index (χ0v) is 15.9. The van der Waals surface area contributed by atoms with E-state index < -0.39 is 5.63 Å². The van der Waals surface area contributed by atoms with E-state index in [4.69, 9.17) is 13.9 Å². The van der Waals surface area contributed by atoms with Crippen LogP contribution in [0, 0.1) is 6.92 Å². The number of hydrogen-bond acceptors (Lipinski definition) is 6. The third-order valence-electron chi connectivity index (χ3n) is 5.30. The van der Waals surface area contributed by atoms with Crippen molar-refractivity contribution in [1.29, 1.82) is 0 Å². The van der Waals surface area contributed by atoms with E-state index >= 15 is 0 Å². The van der Waals surface area contributed by atoms with Crippen LogP contribution in [0.5, 0.6) is 5.75 Å². The van der Waals surface area contributed by atoms with Crippen LogP contribution in [0.2, 0.25) is 0 Å². The van der Waals surface area contributed by atoms with Crippen molar-refractivity contribution in [3.8, 4) is 5.75 Å². The first-order valence-corrected chi connectivity index (χ1v) is 9.74. The van der Waals surface area contributed by atoms with Crippen molar-refractivity contribution in [2.45, 2.75) is 44.8 Å². The van der Waals surface area contributed by atoms with E-state index in [0.717, 1.165) is 18.6 Å². The molecule has 0 aromatic carbocycles. The predicted molar refractivity (Wildman–Crippen MR) is 101 cm³/mol. The monoisotopic (exact) mass is 384 g/mol. The van der Waals surface area contributed by atoms with Crippen LogP contribution in [0.4, 0.5) is 0 Å². The molecule has 2 aliphatic rings. The van der Waals surface area contributed by atoms with Gasteiger partial charge in [0.2, 0.25) is 0 Å². The van der Waals surface area contributed by atoms with Crippen molar-refractivity contribution < 1.29 is 18.7 Å². The van der Waals surface area contributed by atoms with Crippen molar-refractivity contribution in [3.05, 3.63) is 57.9 Å². The average Bonchev–Trinajstić information content (AvgIpc) is 3.23. The second kappa shape index (κ2) is 8.14. The van der Waals surface area contributed by atoms with Gasteiger partial charge in [-0.15, -0.1) is 0 Å². The molecule has 1 atom stereocenters. The van der Waals surface area contributed by atoms with Gasteiger partial charge in [-0.25, -0.2) is 4.79 Å². The van der Waals surface area contributed by atoms with E-state index in [1.165, 1.54) is 0 Å². The summed E-state index contributed by atoms with van der Waals surface area (Å²) in [5.41, 5.74) is 0.179. The second-order valence-electron chi connectivity index (χ2n) is 7.29. The van der Waals surface area contributed by atoms with Crippen LogP contribution in [0.15, 0.2) is 39.8 Å². The molecular weight excluding hydrogens is 360 g/mol. The fourth-order valence-electron chi connectivity index (χ4n) is 3.79. The summed E-state index contributed by atoms with van der Waals surface area (Å²) in [7, 11) is 0. The Balaban J connectivity index is 1.42. The van der Waals surface area contributed by atoms with Gasteiger partial charge in [0.25, 0.3) is 5.91 Å². The highest BCUT2D eigenvalue weighted by Crippen LogP contribution is 2.29. The van der Waals surface area contributed by atoms with E-state index in [1.807, 2.05) is 12.1 Å². The molecule has 7 heteroatoms. The number of likely N-dealkylation sites (tertiary alicyclic amines) is 1. The minimum atomic E-state index is -0.579. The molecule has 1 amide bonds. The quantitative estimate of drug-likeness (QED) is 0.806. The highest BCUT2D eigenvalue weighted by Gasteiger charge is 2.29. The molecule has 7 nitrogen and oxygen atoms in total. The molecule has 0 spiro atoms. The fourth-order valence-corrected chi connectivity index (χ4v) is 3.79. The van der Waals surface area contributed by atoms with Gasteiger partial charge in [0.15, 0.2) is 0 Å². The zero-order valence-electron chi connectivity index (χ0n) is 15.9. The number of ether oxygens (including phenoxy) is 2. The molecule has 148 valence electrons. The topological polar surface area (TPSA) is 81.9 Å². The molecule has 1 unspecified atom stereocenters. The lowest BCUT2D eigenvalue weighted by atomic mass is 10.0. The standard InChI is InChI=1S/C21H24N2O5/c1-14-12-18(17-5-3-11-26-17)28-21(25)19(14)20(24)23-9-6-15(7-10-23)27-16-4-2-8-22-13-16/h2,4,8,12-13,15,17H,3,5-7,9-11H2,1H3. The molecule has 2 saturated heterocycles. The van der Waals surface area contributed by atoms with Gasteiger partial charge < -0.3 is 18.8 Å². The molecule has 2 aromatic rings. The molecular formula is C21H24N2O5. The summed E-state index contributed by atoms with van der Waals surface area (Å²) in [5, 5.41) is 0. The molecule has 2 aliphatic heterocycles. The Morgan fingerprint density at radius 3 is 2.75 bits per heavy atom. The van der Waals surface area contributed by atoms with Crippen molar-refractivity contribution in [2.75, 3.05) is 19.7 Å². The third-order valence-corrected chi connectivity index (χ3v) is 5.30. The number of rotatable bonds is 4. The molecule has 2 fully saturated rings. The van der Waals surface area contributed by atoms with Crippen molar-refractivity contribution in [3.63, 3.8) is 0 Å². The minimum absolute atomic E-state index is 0.0349. The smallest absolute Gasteiger partial charge is 0.349 e. The number of aromatic nitrogens is 1. The van der Waals surface area contributed by atoms with Crippen LogP contribution in [0.25, 0.3) is 0 Å². The molecule has 0 bridgehead atoms. The van der Waals surface area contributed by atoms with Gasteiger partial charge in [-0.2, -0.15) is 0 Å². The number of nitrogens with zero attached hydrogens (tertiary/aromatic N) is 2. The Labute approximate surface area is 163 Å². The van der Waals surface area contributed by atoms with Crippen molar-refractivity contribution in [2.24, 2.45) is 0 Å². The van der Waals surface area contributed by atoms with Crippen LogP contribution in [-0.4, -0.2) is 41.6 Å². The molecule has 0 saturated carbocycles. The number of carbonyl (C=O) groups is 1. The molecule has 0 radical (unpaired) electrons. The number of piperidine rings is 1. The summed E-state index contributed by atoms with van der Waals surface area (Å²) < 4.78 is 16.9. The Morgan fingerprint density at radius 2 is 2.11 bits per heavy atom. The van der Waals surface area contributed by atoms with Crippen LogP contribution >= 0.6 is 0 Å². The highest BCUT2D eigenvalue weighted by molar-refractivity contribution is 5.95. The zero-order chi connectivity index (χ0) is 19.5. The highest BCUT2D eigenvalue weighted by atomic mass is 16.5. The van der Waals surface area contributed by atoms with Gasteiger partial charge in [0.1, 0.15) is 29.3 Å². The average molecular weight is 384 g/mol. The van der Waals surface area contributed by atoms with Crippen LogP contribution in [0.1, 0.15) is 53.5 Å². The van der Waals surface area contributed by atoms with Gasteiger partial charge in [0, 0.05) is 38.7 Å². The minimum Gasteiger partial charge on any atom is -0.489 e. The maximum absolute atomic E-state index is 12.9. The number of hydrogen-bond donors (Lipinski definition) is 0. The van der Waals surface area contributed by atoms with Crippen molar-refractivity contribution in [1.82, 2.24) is 9.88 Å². The molecule has 4 rings (SSSR count). The van der Waals surface area contributed by atoms with E-state index in [0.29, 0.717) is 43.9 Å². The van der Waals surface area contributed by atoms with Crippen LogP contribution in [-0.2, 0) is 4.74 Å². The Bertz CT molecular complexity index is 881. The van der Waals surface area contributed by atoms with Gasteiger partial charge in [0.05, 0.1) is 6.20 Å². The number of pyridine rings is 1. The van der Waals surface area contributed by atoms with E-state index in [2.05, 4.69) is 4.98 Å². The number of carbonyl (C=O) groups excluding carboxylic acids is 1. The van der Waals surface area contributed by atoms with Gasteiger partial charge in [-0.3, -0.25) is 9.78 Å². The predicted octanol–water partition coefficient (Wildman–Crippen LogP) is 2.88. The second-order valence-corrected chi connectivity index (χ2v) is 7.29. The first kappa shape index (κ1) is 18.7. The summed E-state index contributed by atoms with van der Waals surface area (Å²) in [6.45, 7) is 3.53. The van der Waals surface area contributed by atoms with Gasteiger partial charge in [-0.05, 0) is 43.5 Å². The Morgan fingerprint density at radius 1 is 1.29 bits per heavy atom. The summed E-state index contributed by atoms with van der Waals surface area (Å²) in [6, 6.07) is 5.47. The van der Waals surface area contributed by atoms with Crippen LogP contribution < -0.4 is 10.4 Å². The largest absolute Gasteiger partial charge is 0.489 e. The number of amides is 1. The molecule has 28 heavy (non-hydrogen) atoms. The molecule has 2 aromatic heterocycles. The Hall–Kier alpha value is -2.67. The lowest BCUT2D eigenvalue weighted by Crippen LogP contribution is -2.43. The first-order valence-electron chi connectivity index (χ1n) is 9.74. The maximum Gasteiger partial charge on any atom is 0.349 e. The van der Waals surface area contributed by atoms with Crippen LogP contribution in [0.3, 0.4) is 0 Å². The fraction of sp³-hybridized carbons (Fsp3) is 0.476. The summed E-state index contributed by atoms with van der Waals surface area (Å²) >= 11 is 0. The lowest BCUT2D eigenvalue weighted by Gasteiger charge is -2.32. The van der Waals surface area contributed by atoms with E-state index in [1.54, 1.807) is 30.3 Å². The third kappa shape index (κ3) is 3.94. The lowest BCUT2D eigenvalue weighted by molar-refractivity contribution is 0.0585. The molecule has 4 heterocycles. The molecule has 0 aliphatic carbocycles. The van der Waals surface area contributed by atoms with Gasteiger partial charge >= 0.3 is 5.63 Å². The maximum atomic E-state index is 12.9. The first-order chi connectivity index (χ1) is 13.6. The number of aryl methyl sites for hydroxylation is 1. The molecule has 0 N–H and O–H groups in total. The Kier molecular flexibility index (Phi) is 5.43.